The van der Waals surface area contributed by atoms with Crippen molar-refractivity contribution in [3.63, 3.8) is 0 Å². The molecule has 2 aliphatic heterocycles. The molecule has 148 valence electrons. The Hall–Kier alpha value is -3.68. The molecule has 0 unspecified atom stereocenters. The highest BCUT2D eigenvalue weighted by Gasteiger charge is 2.25. The van der Waals surface area contributed by atoms with Crippen molar-refractivity contribution >= 4 is 40.7 Å². The lowest BCUT2D eigenvalue weighted by molar-refractivity contribution is -0.130. The van der Waals surface area contributed by atoms with E-state index in [1.807, 2.05) is 12.1 Å². The molecule has 2 fully saturated rings. The number of benzene rings is 2. The highest BCUT2D eigenvalue weighted by atomic mass is 16.2. The molecule has 2 aromatic rings. The van der Waals surface area contributed by atoms with Gasteiger partial charge in [0.05, 0.1) is 17.1 Å². The molecule has 0 spiro atoms. The maximum absolute atomic E-state index is 12.7. The molecule has 8 heteroatoms. The number of hydrogen-bond acceptors (Lipinski definition) is 4. The van der Waals surface area contributed by atoms with Gasteiger partial charge in [0.1, 0.15) is 0 Å². The second kappa shape index (κ2) is 7.75. The zero-order valence-corrected chi connectivity index (χ0v) is 15.7. The summed E-state index contributed by atoms with van der Waals surface area (Å²) in [5, 5.41) is 4.05. The smallest absolute Gasteiger partial charge is 0.255 e. The van der Waals surface area contributed by atoms with Crippen LogP contribution in [0.3, 0.4) is 0 Å². The van der Waals surface area contributed by atoms with E-state index in [2.05, 4.69) is 10.7 Å². The number of rotatable bonds is 4. The number of nitrogens with zero attached hydrogens (tertiary/aromatic N) is 2. The summed E-state index contributed by atoms with van der Waals surface area (Å²) >= 11 is 0. The van der Waals surface area contributed by atoms with Gasteiger partial charge in [-0.25, -0.2) is 5.01 Å². The summed E-state index contributed by atoms with van der Waals surface area (Å²) in [6, 6.07) is 13.6. The van der Waals surface area contributed by atoms with Crippen molar-refractivity contribution in [2.45, 2.75) is 25.7 Å². The lowest BCUT2D eigenvalue weighted by Gasteiger charge is -2.27. The topological polar surface area (TPSA) is 98.8 Å². The first-order valence-electron chi connectivity index (χ1n) is 9.46. The summed E-state index contributed by atoms with van der Waals surface area (Å²) in [6.07, 6.45) is 1.64. The molecular formula is C21H20N4O4. The van der Waals surface area contributed by atoms with Gasteiger partial charge in [-0.3, -0.25) is 24.6 Å². The fourth-order valence-electron chi connectivity index (χ4n) is 3.46. The third-order valence-corrected chi connectivity index (χ3v) is 4.96. The zero-order chi connectivity index (χ0) is 20.4. The monoisotopic (exact) mass is 392 g/mol. The summed E-state index contributed by atoms with van der Waals surface area (Å²) in [5.41, 5.74) is 4.65. The van der Waals surface area contributed by atoms with Gasteiger partial charge < -0.3 is 10.2 Å². The van der Waals surface area contributed by atoms with Crippen molar-refractivity contribution in [1.82, 2.24) is 5.43 Å². The molecule has 0 saturated carbocycles. The molecule has 4 rings (SSSR count). The Kier molecular flexibility index (Phi) is 4.99. The van der Waals surface area contributed by atoms with E-state index < -0.39 is 0 Å². The van der Waals surface area contributed by atoms with Crippen molar-refractivity contribution in [3.8, 4) is 0 Å². The molecule has 8 nitrogen and oxygen atoms in total. The van der Waals surface area contributed by atoms with Crippen molar-refractivity contribution in [2.24, 2.45) is 0 Å². The zero-order valence-electron chi connectivity index (χ0n) is 15.7. The standard InChI is InChI=1S/C21H20N4O4/c26-18-11-12-20(28)25(23-18)15-9-7-14(8-10-15)21(29)22-16-4-1-2-5-17(16)24-13-3-6-19(24)27/h1-2,4-5,7-10H,3,6,11-13H2,(H,22,29)(H,23,26). The van der Waals surface area contributed by atoms with Crippen LogP contribution in [-0.4, -0.2) is 30.2 Å². The molecule has 2 aromatic carbocycles. The fraction of sp³-hybridized carbons (Fsp3) is 0.238. The van der Waals surface area contributed by atoms with Gasteiger partial charge >= 0.3 is 0 Å². The average Bonchev–Trinajstić information content (AvgIpc) is 3.16. The van der Waals surface area contributed by atoms with Crippen LogP contribution >= 0.6 is 0 Å². The lowest BCUT2D eigenvalue weighted by atomic mass is 10.1. The van der Waals surface area contributed by atoms with Crippen molar-refractivity contribution in [2.75, 3.05) is 21.8 Å². The van der Waals surface area contributed by atoms with E-state index in [9.17, 15) is 19.2 Å². The molecule has 29 heavy (non-hydrogen) atoms. The Bertz CT molecular complexity index is 986. The van der Waals surface area contributed by atoms with Gasteiger partial charge in [-0.05, 0) is 42.8 Å². The quantitative estimate of drug-likeness (QED) is 0.833. The Labute approximate surface area is 167 Å². The molecule has 0 atom stereocenters. The molecule has 2 N–H and O–H groups in total. The SMILES string of the molecule is O=C1CCC(=O)N(c2ccc(C(=O)Nc3ccccc3N3CCCC3=O)cc2)N1. The van der Waals surface area contributed by atoms with Crippen LogP contribution in [0.4, 0.5) is 17.1 Å². The number of hydrogen-bond donors (Lipinski definition) is 2. The Balaban J connectivity index is 1.50. The van der Waals surface area contributed by atoms with Gasteiger partial charge in [-0.1, -0.05) is 12.1 Å². The molecule has 0 radical (unpaired) electrons. The lowest BCUT2D eigenvalue weighted by Crippen LogP contribution is -2.50. The molecule has 2 aliphatic rings. The van der Waals surface area contributed by atoms with Gasteiger partial charge in [0.15, 0.2) is 0 Å². The minimum absolute atomic E-state index is 0.0456. The number of hydrazine groups is 1. The van der Waals surface area contributed by atoms with Crippen LogP contribution in [0.2, 0.25) is 0 Å². The van der Waals surface area contributed by atoms with Crippen LogP contribution < -0.4 is 20.7 Å². The van der Waals surface area contributed by atoms with Gasteiger partial charge in [0.2, 0.25) is 17.7 Å². The van der Waals surface area contributed by atoms with Crippen LogP contribution in [-0.2, 0) is 14.4 Å². The van der Waals surface area contributed by atoms with Crippen LogP contribution in [0, 0.1) is 0 Å². The minimum Gasteiger partial charge on any atom is -0.320 e. The van der Waals surface area contributed by atoms with Gasteiger partial charge in [0, 0.05) is 31.4 Å². The van der Waals surface area contributed by atoms with Gasteiger partial charge in [-0.15, -0.1) is 0 Å². The number of para-hydroxylation sites is 2. The van der Waals surface area contributed by atoms with Crippen LogP contribution in [0.5, 0.6) is 0 Å². The molecular weight excluding hydrogens is 372 g/mol. The van der Waals surface area contributed by atoms with Crippen LogP contribution in [0.15, 0.2) is 48.5 Å². The predicted octanol–water partition coefficient (Wildman–Crippen LogP) is 2.22. The maximum Gasteiger partial charge on any atom is 0.255 e. The third kappa shape index (κ3) is 3.82. The van der Waals surface area contributed by atoms with E-state index in [0.717, 1.165) is 6.42 Å². The first kappa shape index (κ1) is 18.7. The van der Waals surface area contributed by atoms with Crippen molar-refractivity contribution in [1.29, 1.82) is 0 Å². The number of carbonyl (C=O) groups excluding carboxylic acids is 4. The van der Waals surface area contributed by atoms with E-state index in [4.69, 9.17) is 0 Å². The van der Waals surface area contributed by atoms with E-state index in [0.29, 0.717) is 35.6 Å². The number of anilines is 3. The largest absolute Gasteiger partial charge is 0.320 e. The summed E-state index contributed by atoms with van der Waals surface area (Å²) < 4.78 is 0. The summed E-state index contributed by atoms with van der Waals surface area (Å²) in [7, 11) is 0. The highest BCUT2D eigenvalue weighted by molar-refractivity contribution is 6.08. The van der Waals surface area contributed by atoms with E-state index in [-0.39, 0.29) is 36.5 Å². The molecule has 0 aliphatic carbocycles. The average molecular weight is 392 g/mol. The second-order valence-corrected chi connectivity index (χ2v) is 6.93. The maximum atomic E-state index is 12.7. The summed E-state index contributed by atoms with van der Waals surface area (Å²) in [4.78, 5) is 50.0. The van der Waals surface area contributed by atoms with Crippen molar-refractivity contribution < 1.29 is 19.2 Å². The number of amides is 4. The summed E-state index contributed by atoms with van der Waals surface area (Å²) in [6.45, 7) is 0.635. The van der Waals surface area contributed by atoms with E-state index >= 15 is 0 Å². The van der Waals surface area contributed by atoms with Gasteiger partial charge in [-0.2, -0.15) is 0 Å². The summed E-state index contributed by atoms with van der Waals surface area (Å²) in [5.74, 6) is -0.709. The number of carbonyl (C=O) groups is 4. The van der Waals surface area contributed by atoms with Crippen LogP contribution in [0.1, 0.15) is 36.0 Å². The predicted molar refractivity (Wildman–Crippen MR) is 107 cm³/mol. The third-order valence-electron chi connectivity index (χ3n) is 4.96. The van der Waals surface area contributed by atoms with Crippen molar-refractivity contribution in [3.05, 3.63) is 54.1 Å². The van der Waals surface area contributed by atoms with E-state index in [1.165, 1.54) is 5.01 Å². The first-order chi connectivity index (χ1) is 14.0. The van der Waals surface area contributed by atoms with Crippen LogP contribution in [0.25, 0.3) is 0 Å². The second-order valence-electron chi connectivity index (χ2n) is 6.93. The van der Waals surface area contributed by atoms with Gasteiger partial charge in [0.25, 0.3) is 5.91 Å². The molecule has 2 saturated heterocycles. The molecule has 2 heterocycles. The molecule has 0 aromatic heterocycles. The molecule has 0 bridgehead atoms. The Morgan fingerprint density at radius 3 is 2.38 bits per heavy atom. The highest BCUT2D eigenvalue weighted by Crippen LogP contribution is 2.30. The number of nitrogens with one attached hydrogen (secondary N) is 2. The Morgan fingerprint density at radius 1 is 0.897 bits per heavy atom. The Morgan fingerprint density at radius 2 is 1.66 bits per heavy atom. The fourth-order valence-corrected chi connectivity index (χ4v) is 3.46. The van der Waals surface area contributed by atoms with E-state index in [1.54, 1.807) is 41.3 Å². The minimum atomic E-state index is -0.329. The normalized spacial score (nSPS) is 16.8. The molecule has 4 amide bonds. The first-order valence-corrected chi connectivity index (χ1v) is 9.46.